The minimum atomic E-state index is -4.48. The maximum Gasteiger partial charge on any atom is 0.416 e. The molecule has 1 unspecified atom stereocenters. The van der Waals surface area contributed by atoms with Crippen LogP contribution in [0.2, 0.25) is 0 Å². The zero-order valence-electron chi connectivity index (χ0n) is 15.8. The molecular weight excluding hydrogens is 393 g/mol. The molecule has 28 heavy (non-hydrogen) atoms. The summed E-state index contributed by atoms with van der Waals surface area (Å²) in [5, 5.41) is 2.46. The maximum atomic E-state index is 12.6. The van der Waals surface area contributed by atoms with Gasteiger partial charge in [-0.2, -0.15) is 13.2 Å². The van der Waals surface area contributed by atoms with Crippen molar-refractivity contribution < 1.29 is 26.4 Å². The average Bonchev–Trinajstić information content (AvgIpc) is 2.52. The SMILES string of the molecule is Cc1cc(C)cc(N(C(C)C(=O)Nc2ccc(C(F)(F)F)cc2)S(C)(=O)=O)c1. The van der Waals surface area contributed by atoms with Crippen molar-refractivity contribution in [1.29, 1.82) is 0 Å². The standard InChI is InChI=1S/C19H21F3N2O3S/c1-12-9-13(2)11-17(10-12)24(28(4,26)27)14(3)18(25)23-16-7-5-15(6-8-16)19(20,21)22/h5-11,14H,1-4H3,(H,23,25). The largest absolute Gasteiger partial charge is 0.416 e. The number of rotatable bonds is 5. The lowest BCUT2D eigenvalue weighted by Crippen LogP contribution is -2.45. The Morgan fingerprint density at radius 2 is 1.54 bits per heavy atom. The summed E-state index contributed by atoms with van der Waals surface area (Å²) in [5.41, 5.74) is 1.30. The molecule has 5 nitrogen and oxygen atoms in total. The number of nitrogens with zero attached hydrogens (tertiary/aromatic N) is 1. The van der Waals surface area contributed by atoms with Crippen molar-refractivity contribution in [2.24, 2.45) is 0 Å². The quantitative estimate of drug-likeness (QED) is 0.801. The summed E-state index contributed by atoms with van der Waals surface area (Å²) in [4.78, 5) is 12.6. The number of hydrogen-bond donors (Lipinski definition) is 1. The third-order valence-corrected chi connectivity index (χ3v) is 5.27. The molecular formula is C19H21F3N2O3S. The van der Waals surface area contributed by atoms with E-state index in [1.807, 2.05) is 19.9 Å². The summed E-state index contributed by atoms with van der Waals surface area (Å²) in [6.45, 7) is 5.03. The number of halogens is 3. The Labute approximate surface area is 162 Å². The number of nitrogens with one attached hydrogen (secondary N) is 1. The van der Waals surface area contributed by atoms with Gasteiger partial charge in [0, 0.05) is 5.69 Å². The molecule has 2 aromatic carbocycles. The van der Waals surface area contributed by atoms with E-state index in [-0.39, 0.29) is 5.69 Å². The van der Waals surface area contributed by atoms with E-state index < -0.39 is 33.7 Å². The fourth-order valence-corrected chi connectivity index (χ4v) is 4.03. The number of amides is 1. The number of carbonyl (C=O) groups is 1. The molecule has 2 rings (SSSR count). The molecule has 0 spiro atoms. The monoisotopic (exact) mass is 414 g/mol. The molecule has 0 saturated heterocycles. The van der Waals surface area contributed by atoms with E-state index in [0.29, 0.717) is 5.69 Å². The lowest BCUT2D eigenvalue weighted by molar-refractivity contribution is -0.137. The van der Waals surface area contributed by atoms with Crippen LogP contribution in [0.5, 0.6) is 0 Å². The van der Waals surface area contributed by atoms with Gasteiger partial charge < -0.3 is 5.32 Å². The third-order valence-electron chi connectivity index (χ3n) is 4.03. The second-order valence-electron chi connectivity index (χ2n) is 6.65. The lowest BCUT2D eigenvalue weighted by atomic mass is 10.1. The molecule has 0 aliphatic heterocycles. The molecule has 0 aromatic heterocycles. The molecule has 152 valence electrons. The predicted octanol–water partition coefficient (Wildman–Crippen LogP) is 4.12. The van der Waals surface area contributed by atoms with Crippen LogP contribution < -0.4 is 9.62 Å². The number of alkyl halides is 3. The first kappa shape index (κ1) is 21.7. The van der Waals surface area contributed by atoms with Gasteiger partial charge in [0.05, 0.1) is 17.5 Å². The number of carbonyl (C=O) groups excluding carboxylic acids is 1. The van der Waals surface area contributed by atoms with Gasteiger partial charge in [-0.15, -0.1) is 0 Å². The van der Waals surface area contributed by atoms with Crippen molar-refractivity contribution in [3.8, 4) is 0 Å². The first-order chi connectivity index (χ1) is 12.8. The summed E-state index contributed by atoms with van der Waals surface area (Å²) in [6, 6.07) is 7.99. The number of hydrogen-bond acceptors (Lipinski definition) is 3. The molecule has 9 heteroatoms. The van der Waals surface area contributed by atoms with E-state index in [2.05, 4.69) is 5.32 Å². The van der Waals surface area contributed by atoms with Gasteiger partial charge in [0.1, 0.15) is 6.04 Å². The topological polar surface area (TPSA) is 66.5 Å². The van der Waals surface area contributed by atoms with Gasteiger partial charge in [-0.3, -0.25) is 9.10 Å². The van der Waals surface area contributed by atoms with E-state index in [9.17, 15) is 26.4 Å². The lowest BCUT2D eigenvalue weighted by Gasteiger charge is -2.28. The summed E-state index contributed by atoms with van der Waals surface area (Å²) in [5.74, 6) is -0.663. The van der Waals surface area contributed by atoms with Crippen LogP contribution in [0.25, 0.3) is 0 Å². The van der Waals surface area contributed by atoms with Gasteiger partial charge in [0.2, 0.25) is 15.9 Å². The van der Waals surface area contributed by atoms with Crippen LogP contribution in [0.1, 0.15) is 23.6 Å². The molecule has 0 aliphatic rings. The van der Waals surface area contributed by atoms with Crippen molar-refractivity contribution in [2.45, 2.75) is 33.0 Å². The predicted molar refractivity (Wildman–Crippen MR) is 103 cm³/mol. The van der Waals surface area contributed by atoms with Gasteiger partial charge in [-0.1, -0.05) is 6.07 Å². The van der Waals surface area contributed by atoms with Crippen LogP contribution in [-0.4, -0.2) is 26.6 Å². The molecule has 0 bridgehead atoms. The van der Waals surface area contributed by atoms with E-state index in [1.54, 1.807) is 12.1 Å². The fraction of sp³-hybridized carbons (Fsp3) is 0.316. The highest BCUT2D eigenvalue weighted by molar-refractivity contribution is 7.92. The molecule has 0 radical (unpaired) electrons. The Balaban J connectivity index is 2.29. The van der Waals surface area contributed by atoms with Gasteiger partial charge >= 0.3 is 6.18 Å². The minimum Gasteiger partial charge on any atom is -0.324 e. The second kappa shape index (κ2) is 7.83. The van der Waals surface area contributed by atoms with Crippen LogP contribution in [0, 0.1) is 13.8 Å². The van der Waals surface area contributed by atoms with E-state index in [0.717, 1.165) is 46.0 Å². The Morgan fingerprint density at radius 1 is 1.04 bits per heavy atom. The minimum absolute atomic E-state index is 0.138. The Hall–Kier alpha value is -2.55. The van der Waals surface area contributed by atoms with E-state index in [4.69, 9.17) is 0 Å². The van der Waals surface area contributed by atoms with Crippen LogP contribution in [-0.2, 0) is 21.0 Å². The maximum absolute atomic E-state index is 12.6. The van der Waals surface area contributed by atoms with Crippen molar-refractivity contribution >= 4 is 27.3 Å². The molecule has 0 fully saturated rings. The highest BCUT2D eigenvalue weighted by Crippen LogP contribution is 2.30. The van der Waals surface area contributed by atoms with E-state index >= 15 is 0 Å². The average molecular weight is 414 g/mol. The molecule has 0 saturated carbocycles. The Bertz CT molecular complexity index is 951. The van der Waals surface area contributed by atoms with Gasteiger partial charge in [-0.25, -0.2) is 8.42 Å². The number of benzene rings is 2. The van der Waals surface area contributed by atoms with Crippen LogP contribution in [0.4, 0.5) is 24.5 Å². The fourth-order valence-electron chi connectivity index (χ4n) is 2.88. The number of anilines is 2. The molecule has 1 amide bonds. The first-order valence-electron chi connectivity index (χ1n) is 8.35. The second-order valence-corrected chi connectivity index (χ2v) is 8.50. The van der Waals surface area contributed by atoms with Crippen LogP contribution in [0.15, 0.2) is 42.5 Å². The summed E-state index contributed by atoms with van der Waals surface area (Å²) in [7, 11) is -3.79. The first-order valence-corrected chi connectivity index (χ1v) is 10.2. The van der Waals surface area contributed by atoms with Crippen molar-refractivity contribution in [2.75, 3.05) is 15.9 Å². The number of aryl methyl sites for hydroxylation is 2. The summed E-state index contributed by atoms with van der Waals surface area (Å²) >= 11 is 0. The molecule has 1 atom stereocenters. The van der Waals surface area contributed by atoms with Gasteiger partial charge in [0.15, 0.2) is 0 Å². The Morgan fingerprint density at radius 3 is 1.96 bits per heavy atom. The highest BCUT2D eigenvalue weighted by atomic mass is 32.2. The molecule has 2 aromatic rings. The Kier molecular flexibility index (Phi) is 6.08. The normalized spacial score (nSPS) is 13.1. The zero-order chi connectivity index (χ0) is 21.3. The summed E-state index contributed by atoms with van der Waals surface area (Å²) < 4.78 is 63.6. The molecule has 0 heterocycles. The third kappa shape index (κ3) is 5.25. The summed E-state index contributed by atoms with van der Waals surface area (Å²) in [6.07, 6.45) is -3.49. The molecule has 0 aliphatic carbocycles. The molecule has 1 N–H and O–H groups in total. The van der Waals surface area contributed by atoms with Crippen LogP contribution >= 0.6 is 0 Å². The van der Waals surface area contributed by atoms with Crippen molar-refractivity contribution in [3.05, 3.63) is 59.2 Å². The van der Waals surface area contributed by atoms with Crippen LogP contribution in [0.3, 0.4) is 0 Å². The highest BCUT2D eigenvalue weighted by Gasteiger charge is 2.31. The van der Waals surface area contributed by atoms with Gasteiger partial charge in [0.25, 0.3) is 0 Å². The van der Waals surface area contributed by atoms with Crippen molar-refractivity contribution in [3.63, 3.8) is 0 Å². The number of sulfonamides is 1. The van der Waals surface area contributed by atoms with E-state index in [1.165, 1.54) is 6.92 Å². The zero-order valence-corrected chi connectivity index (χ0v) is 16.6. The van der Waals surface area contributed by atoms with Crippen molar-refractivity contribution in [1.82, 2.24) is 0 Å². The smallest absolute Gasteiger partial charge is 0.324 e. The van der Waals surface area contributed by atoms with Gasteiger partial charge in [-0.05, 0) is 68.3 Å².